The number of aryl methyl sites for hydroxylation is 1. The number of rotatable bonds is 4. The molecule has 1 aliphatic heterocycles. The first-order valence-corrected chi connectivity index (χ1v) is 8.37. The number of thioether (sulfide) groups is 2. The summed E-state index contributed by atoms with van der Waals surface area (Å²) in [5.41, 5.74) is 6.44. The fourth-order valence-electron chi connectivity index (χ4n) is 2.30. The molecular weight excluding hydrogens is 250 g/mol. The molecule has 1 aliphatic rings. The maximum Gasteiger partial charge on any atom is 0.126 e. The highest BCUT2D eigenvalue weighted by atomic mass is 32.2. The normalized spacial score (nSPS) is 27.0. The van der Waals surface area contributed by atoms with E-state index in [1.165, 1.54) is 17.9 Å². The van der Waals surface area contributed by atoms with Crippen LogP contribution in [0.4, 0.5) is 0 Å². The molecule has 0 radical (unpaired) electrons. The molecule has 17 heavy (non-hydrogen) atoms. The molecule has 0 saturated carbocycles. The molecule has 3 atom stereocenters. The van der Waals surface area contributed by atoms with Crippen molar-refractivity contribution in [3.63, 3.8) is 0 Å². The minimum absolute atomic E-state index is 0.0627. The molecule has 3 nitrogen and oxygen atoms in total. The molecule has 0 amide bonds. The molecule has 1 fully saturated rings. The van der Waals surface area contributed by atoms with Crippen molar-refractivity contribution in [1.82, 2.24) is 9.55 Å². The number of nitrogens with two attached hydrogens (primary N) is 1. The van der Waals surface area contributed by atoms with E-state index >= 15 is 0 Å². The van der Waals surface area contributed by atoms with E-state index in [2.05, 4.69) is 35.2 Å². The second-order valence-electron chi connectivity index (χ2n) is 4.25. The zero-order valence-corrected chi connectivity index (χ0v) is 12.1. The number of aromatic nitrogens is 2. The molecule has 0 bridgehead atoms. The SMILES string of the molecule is CCC1SCCSC1C(N)c1nccn1CC. The largest absolute Gasteiger partial charge is 0.334 e. The highest BCUT2D eigenvalue weighted by Crippen LogP contribution is 2.38. The van der Waals surface area contributed by atoms with Crippen molar-refractivity contribution in [2.45, 2.75) is 43.4 Å². The Hall–Kier alpha value is -0.130. The van der Waals surface area contributed by atoms with E-state index in [1.54, 1.807) is 0 Å². The van der Waals surface area contributed by atoms with Crippen molar-refractivity contribution in [2.24, 2.45) is 5.73 Å². The van der Waals surface area contributed by atoms with Gasteiger partial charge in [0.25, 0.3) is 0 Å². The first-order chi connectivity index (χ1) is 8.27. The molecular formula is C12H21N3S2. The lowest BCUT2D eigenvalue weighted by Crippen LogP contribution is -2.37. The summed E-state index contributed by atoms with van der Waals surface area (Å²) in [5.74, 6) is 3.52. The third-order valence-electron chi connectivity index (χ3n) is 3.23. The van der Waals surface area contributed by atoms with Crippen LogP contribution in [-0.4, -0.2) is 31.6 Å². The minimum Gasteiger partial charge on any atom is -0.334 e. The smallest absolute Gasteiger partial charge is 0.126 e. The van der Waals surface area contributed by atoms with Gasteiger partial charge in [0, 0.05) is 40.9 Å². The Kier molecular flexibility index (Phi) is 4.82. The summed E-state index contributed by atoms with van der Waals surface area (Å²) in [4.78, 5) is 4.45. The van der Waals surface area contributed by atoms with Crippen molar-refractivity contribution in [3.05, 3.63) is 18.2 Å². The summed E-state index contributed by atoms with van der Waals surface area (Å²) < 4.78 is 2.16. The van der Waals surface area contributed by atoms with Gasteiger partial charge in [0.15, 0.2) is 0 Å². The second-order valence-corrected chi connectivity index (χ2v) is 6.88. The predicted molar refractivity (Wildman–Crippen MR) is 77.6 cm³/mol. The number of hydrogen-bond donors (Lipinski definition) is 1. The Morgan fingerprint density at radius 2 is 2.24 bits per heavy atom. The van der Waals surface area contributed by atoms with E-state index in [4.69, 9.17) is 5.73 Å². The monoisotopic (exact) mass is 271 g/mol. The van der Waals surface area contributed by atoms with Gasteiger partial charge in [0.2, 0.25) is 0 Å². The average molecular weight is 271 g/mol. The molecule has 2 rings (SSSR count). The van der Waals surface area contributed by atoms with Crippen LogP contribution in [0.1, 0.15) is 32.1 Å². The highest BCUT2D eigenvalue weighted by molar-refractivity contribution is 8.07. The second kappa shape index (κ2) is 6.16. The van der Waals surface area contributed by atoms with E-state index < -0.39 is 0 Å². The van der Waals surface area contributed by atoms with Crippen LogP contribution >= 0.6 is 23.5 Å². The van der Waals surface area contributed by atoms with E-state index in [0.29, 0.717) is 10.5 Å². The third-order valence-corrected chi connectivity index (χ3v) is 6.61. The number of imidazole rings is 1. The van der Waals surface area contributed by atoms with Gasteiger partial charge in [0.05, 0.1) is 6.04 Å². The summed E-state index contributed by atoms with van der Waals surface area (Å²) in [6.45, 7) is 5.35. The standard InChI is InChI=1S/C12H21N3S2/c1-3-9-11(17-8-7-16-9)10(13)12-14-5-6-15(12)4-2/h5-6,9-11H,3-4,7-8,13H2,1-2H3. The van der Waals surface area contributed by atoms with Crippen LogP contribution in [0.2, 0.25) is 0 Å². The van der Waals surface area contributed by atoms with Crippen LogP contribution in [-0.2, 0) is 6.54 Å². The van der Waals surface area contributed by atoms with Crippen molar-refractivity contribution in [3.8, 4) is 0 Å². The lowest BCUT2D eigenvalue weighted by atomic mass is 10.1. The average Bonchev–Trinajstić information content (AvgIpc) is 2.86. The predicted octanol–water partition coefficient (Wildman–Crippen LogP) is 2.53. The molecule has 2 heterocycles. The van der Waals surface area contributed by atoms with Crippen molar-refractivity contribution in [1.29, 1.82) is 0 Å². The van der Waals surface area contributed by atoms with E-state index in [1.807, 2.05) is 24.2 Å². The van der Waals surface area contributed by atoms with Gasteiger partial charge < -0.3 is 10.3 Å². The van der Waals surface area contributed by atoms with Crippen LogP contribution in [0.15, 0.2) is 12.4 Å². The minimum atomic E-state index is 0.0627. The maximum absolute atomic E-state index is 6.44. The molecule has 96 valence electrons. The Bertz CT molecular complexity index is 353. The summed E-state index contributed by atoms with van der Waals surface area (Å²) >= 11 is 4.09. The molecule has 3 unspecified atom stereocenters. The fourth-order valence-corrected chi connectivity index (χ4v) is 5.45. The van der Waals surface area contributed by atoms with Crippen LogP contribution in [0.3, 0.4) is 0 Å². The van der Waals surface area contributed by atoms with E-state index in [-0.39, 0.29) is 6.04 Å². The van der Waals surface area contributed by atoms with Gasteiger partial charge in [-0.05, 0) is 13.3 Å². The fraction of sp³-hybridized carbons (Fsp3) is 0.750. The molecule has 0 spiro atoms. The van der Waals surface area contributed by atoms with Gasteiger partial charge in [-0.15, -0.1) is 0 Å². The van der Waals surface area contributed by atoms with Crippen LogP contribution in [0.25, 0.3) is 0 Å². The molecule has 1 saturated heterocycles. The Morgan fingerprint density at radius 3 is 2.94 bits per heavy atom. The molecule has 1 aromatic rings. The molecule has 5 heteroatoms. The third kappa shape index (κ3) is 2.83. The van der Waals surface area contributed by atoms with Gasteiger partial charge in [-0.1, -0.05) is 6.92 Å². The quantitative estimate of drug-likeness (QED) is 0.914. The van der Waals surface area contributed by atoms with Crippen LogP contribution < -0.4 is 5.73 Å². The first-order valence-electron chi connectivity index (χ1n) is 6.27. The lowest BCUT2D eigenvalue weighted by Gasteiger charge is -2.33. The molecule has 2 N–H and O–H groups in total. The van der Waals surface area contributed by atoms with E-state index in [9.17, 15) is 0 Å². The Morgan fingerprint density at radius 1 is 1.47 bits per heavy atom. The number of nitrogens with zero attached hydrogens (tertiary/aromatic N) is 2. The van der Waals surface area contributed by atoms with Crippen molar-refractivity contribution >= 4 is 23.5 Å². The zero-order chi connectivity index (χ0) is 12.3. The van der Waals surface area contributed by atoms with Crippen LogP contribution in [0.5, 0.6) is 0 Å². The topological polar surface area (TPSA) is 43.8 Å². The molecule has 0 aromatic carbocycles. The highest BCUT2D eigenvalue weighted by Gasteiger charge is 2.32. The summed E-state index contributed by atoms with van der Waals surface area (Å²) in [5, 5.41) is 1.18. The van der Waals surface area contributed by atoms with Gasteiger partial charge in [-0.3, -0.25) is 0 Å². The molecule has 0 aliphatic carbocycles. The van der Waals surface area contributed by atoms with Crippen LogP contribution in [0, 0.1) is 0 Å². The van der Waals surface area contributed by atoms with Crippen molar-refractivity contribution in [2.75, 3.05) is 11.5 Å². The van der Waals surface area contributed by atoms with E-state index in [0.717, 1.165) is 12.4 Å². The maximum atomic E-state index is 6.44. The Labute approximate surface area is 112 Å². The summed E-state index contributed by atoms with van der Waals surface area (Å²) in [6.07, 6.45) is 5.08. The number of hydrogen-bond acceptors (Lipinski definition) is 4. The lowest BCUT2D eigenvalue weighted by molar-refractivity contribution is 0.561. The summed E-state index contributed by atoms with van der Waals surface area (Å²) in [6, 6.07) is 0.0627. The van der Waals surface area contributed by atoms with Gasteiger partial charge in [0.1, 0.15) is 5.82 Å². The Balaban J connectivity index is 2.15. The summed E-state index contributed by atoms with van der Waals surface area (Å²) in [7, 11) is 0. The van der Waals surface area contributed by atoms with Gasteiger partial charge in [-0.2, -0.15) is 23.5 Å². The first kappa shape index (κ1) is 13.3. The van der Waals surface area contributed by atoms with Gasteiger partial charge in [-0.25, -0.2) is 4.98 Å². The van der Waals surface area contributed by atoms with Crippen molar-refractivity contribution < 1.29 is 0 Å². The molecule has 1 aromatic heterocycles. The van der Waals surface area contributed by atoms with Gasteiger partial charge >= 0.3 is 0 Å². The zero-order valence-electron chi connectivity index (χ0n) is 10.5.